The van der Waals surface area contributed by atoms with Crippen LogP contribution in [0.1, 0.15) is 24.8 Å². The van der Waals surface area contributed by atoms with Crippen LogP contribution < -0.4 is 5.32 Å². The van der Waals surface area contributed by atoms with E-state index in [1.54, 1.807) is 12.1 Å². The number of aryl methyl sites for hydroxylation is 1. The fourth-order valence-electron chi connectivity index (χ4n) is 2.45. The Bertz CT molecular complexity index is 451. The van der Waals surface area contributed by atoms with Gasteiger partial charge in [0.25, 0.3) is 5.69 Å². The highest BCUT2D eigenvalue weighted by Gasteiger charge is 2.26. The predicted octanol–water partition coefficient (Wildman–Crippen LogP) is 3.60. The molecule has 1 aromatic rings. The fraction of sp³-hybridized carbons (Fsp3) is 0.538. The zero-order chi connectivity index (χ0) is 13.1. The van der Waals surface area contributed by atoms with Gasteiger partial charge in [-0.15, -0.1) is 0 Å². The number of nitro groups is 1. The van der Waals surface area contributed by atoms with Crippen molar-refractivity contribution in [3.8, 4) is 0 Å². The topological polar surface area (TPSA) is 55.2 Å². The summed E-state index contributed by atoms with van der Waals surface area (Å²) in [5.41, 5.74) is 2.12. The Balaban J connectivity index is 2.17. The zero-order valence-corrected chi connectivity index (χ0v) is 11.5. The molecule has 0 bridgehead atoms. The van der Waals surface area contributed by atoms with Crippen LogP contribution in [0.2, 0.25) is 0 Å². The van der Waals surface area contributed by atoms with E-state index in [0.717, 1.165) is 17.7 Å². The molecule has 4 nitrogen and oxygen atoms in total. The van der Waals surface area contributed by atoms with E-state index in [2.05, 4.69) is 11.6 Å². The molecule has 1 N–H and O–H groups in total. The van der Waals surface area contributed by atoms with Gasteiger partial charge in [-0.25, -0.2) is 0 Å². The van der Waals surface area contributed by atoms with Gasteiger partial charge in [-0.05, 0) is 31.6 Å². The maximum Gasteiger partial charge on any atom is 0.271 e. The first kappa shape index (κ1) is 13.2. The molecule has 0 amide bonds. The normalized spacial score (nSPS) is 23.0. The molecule has 1 aliphatic rings. The van der Waals surface area contributed by atoms with Crippen LogP contribution in [-0.2, 0) is 0 Å². The van der Waals surface area contributed by atoms with Gasteiger partial charge in [0, 0.05) is 29.1 Å². The number of nitro benzene ring substituents is 1. The first-order chi connectivity index (χ1) is 8.61. The molecule has 0 saturated heterocycles. The number of hydrogen-bond acceptors (Lipinski definition) is 4. The standard InChI is InChI=1S/C13H18N2O2S/c1-9-6-7-10(15(16)17)8-12(9)14-11-4-3-5-13(11)18-2/h6-8,11,13-14H,3-5H2,1-2H3. The molecule has 0 spiro atoms. The Morgan fingerprint density at radius 3 is 2.89 bits per heavy atom. The average Bonchev–Trinajstić information content (AvgIpc) is 2.79. The van der Waals surface area contributed by atoms with Crippen LogP contribution in [0.25, 0.3) is 0 Å². The minimum atomic E-state index is -0.342. The summed E-state index contributed by atoms with van der Waals surface area (Å²) in [6.07, 6.45) is 5.74. The summed E-state index contributed by atoms with van der Waals surface area (Å²) >= 11 is 1.88. The molecule has 5 heteroatoms. The number of non-ortho nitro benzene ring substituents is 1. The summed E-state index contributed by atoms with van der Waals surface area (Å²) in [6.45, 7) is 1.98. The Morgan fingerprint density at radius 1 is 1.44 bits per heavy atom. The lowest BCUT2D eigenvalue weighted by molar-refractivity contribution is -0.384. The second kappa shape index (κ2) is 5.61. The molecule has 0 aromatic heterocycles. The molecule has 0 heterocycles. The van der Waals surface area contributed by atoms with Gasteiger partial charge < -0.3 is 5.32 Å². The highest BCUT2D eigenvalue weighted by molar-refractivity contribution is 7.99. The Kier molecular flexibility index (Phi) is 4.11. The third-order valence-corrected chi connectivity index (χ3v) is 4.70. The van der Waals surface area contributed by atoms with Gasteiger partial charge >= 0.3 is 0 Å². The minimum absolute atomic E-state index is 0.154. The monoisotopic (exact) mass is 266 g/mol. The van der Waals surface area contributed by atoms with Gasteiger partial charge in [0.2, 0.25) is 0 Å². The minimum Gasteiger partial charge on any atom is -0.381 e. The molecule has 2 rings (SSSR count). The summed E-state index contributed by atoms with van der Waals surface area (Å²) in [7, 11) is 0. The lowest BCUT2D eigenvalue weighted by atomic mass is 10.1. The molecule has 1 aliphatic carbocycles. The van der Waals surface area contributed by atoms with E-state index in [1.165, 1.54) is 12.8 Å². The summed E-state index contributed by atoms with van der Waals surface area (Å²) in [5, 5.41) is 14.9. The van der Waals surface area contributed by atoms with Crippen LogP contribution in [0.15, 0.2) is 18.2 Å². The van der Waals surface area contributed by atoms with E-state index in [4.69, 9.17) is 0 Å². The molecule has 0 aliphatic heterocycles. The number of anilines is 1. The van der Waals surface area contributed by atoms with E-state index in [1.807, 2.05) is 24.8 Å². The Hall–Kier alpha value is -1.23. The lowest BCUT2D eigenvalue weighted by Crippen LogP contribution is -2.26. The van der Waals surface area contributed by atoms with Crippen molar-refractivity contribution in [1.29, 1.82) is 0 Å². The van der Waals surface area contributed by atoms with Gasteiger partial charge in [0.1, 0.15) is 0 Å². The first-order valence-electron chi connectivity index (χ1n) is 6.16. The van der Waals surface area contributed by atoms with Crippen molar-refractivity contribution < 1.29 is 4.92 Å². The second-order valence-corrected chi connectivity index (χ2v) is 5.79. The second-order valence-electron chi connectivity index (χ2n) is 4.71. The van der Waals surface area contributed by atoms with Gasteiger partial charge in [-0.1, -0.05) is 12.5 Å². The first-order valence-corrected chi connectivity index (χ1v) is 7.45. The third kappa shape index (κ3) is 2.77. The van der Waals surface area contributed by atoms with Crippen molar-refractivity contribution in [2.45, 2.75) is 37.5 Å². The quantitative estimate of drug-likeness (QED) is 0.668. The molecule has 1 aromatic carbocycles. The molecule has 98 valence electrons. The number of nitrogens with zero attached hydrogens (tertiary/aromatic N) is 1. The molecular weight excluding hydrogens is 248 g/mol. The average molecular weight is 266 g/mol. The number of hydrogen-bond donors (Lipinski definition) is 1. The zero-order valence-electron chi connectivity index (χ0n) is 10.7. The van der Waals surface area contributed by atoms with E-state index < -0.39 is 0 Å². The molecule has 1 saturated carbocycles. The van der Waals surface area contributed by atoms with E-state index in [-0.39, 0.29) is 10.6 Å². The molecule has 18 heavy (non-hydrogen) atoms. The molecular formula is C13H18N2O2S. The van der Waals surface area contributed by atoms with Gasteiger partial charge in [0.15, 0.2) is 0 Å². The summed E-state index contributed by atoms with van der Waals surface area (Å²) in [4.78, 5) is 10.5. The summed E-state index contributed by atoms with van der Waals surface area (Å²) in [6, 6.07) is 5.44. The highest BCUT2D eigenvalue weighted by Crippen LogP contribution is 2.32. The smallest absolute Gasteiger partial charge is 0.271 e. The SMILES string of the molecule is CSC1CCCC1Nc1cc([N+](=O)[O-])ccc1C. The number of benzene rings is 1. The van der Waals surface area contributed by atoms with Crippen LogP contribution >= 0.6 is 11.8 Å². The van der Waals surface area contributed by atoms with Crippen LogP contribution in [-0.4, -0.2) is 22.5 Å². The predicted molar refractivity (Wildman–Crippen MR) is 76.4 cm³/mol. The van der Waals surface area contributed by atoms with Gasteiger partial charge in [-0.3, -0.25) is 10.1 Å². The molecule has 0 radical (unpaired) electrons. The van der Waals surface area contributed by atoms with E-state index in [0.29, 0.717) is 11.3 Å². The van der Waals surface area contributed by atoms with Crippen LogP contribution in [0, 0.1) is 17.0 Å². The van der Waals surface area contributed by atoms with Gasteiger partial charge in [-0.2, -0.15) is 11.8 Å². The number of nitrogens with one attached hydrogen (secondary N) is 1. The third-order valence-electron chi connectivity index (χ3n) is 3.53. The summed E-state index contributed by atoms with van der Waals surface area (Å²) in [5.74, 6) is 0. The van der Waals surface area contributed by atoms with Crippen molar-refractivity contribution in [2.75, 3.05) is 11.6 Å². The van der Waals surface area contributed by atoms with E-state index in [9.17, 15) is 10.1 Å². The van der Waals surface area contributed by atoms with Crippen LogP contribution in [0.4, 0.5) is 11.4 Å². The number of rotatable bonds is 4. The Morgan fingerprint density at radius 2 is 2.22 bits per heavy atom. The van der Waals surface area contributed by atoms with Crippen LogP contribution in [0.3, 0.4) is 0 Å². The van der Waals surface area contributed by atoms with Crippen molar-refractivity contribution in [3.63, 3.8) is 0 Å². The van der Waals surface area contributed by atoms with E-state index >= 15 is 0 Å². The lowest BCUT2D eigenvalue weighted by Gasteiger charge is -2.21. The van der Waals surface area contributed by atoms with Crippen molar-refractivity contribution in [2.24, 2.45) is 0 Å². The van der Waals surface area contributed by atoms with Gasteiger partial charge in [0.05, 0.1) is 4.92 Å². The summed E-state index contributed by atoms with van der Waals surface area (Å²) < 4.78 is 0. The molecule has 2 atom stereocenters. The largest absolute Gasteiger partial charge is 0.381 e. The maximum atomic E-state index is 10.8. The van der Waals surface area contributed by atoms with Crippen molar-refractivity contribution in [1.82, 2.24) is 0 Å². The van der Waals surface area contributed by atoms with Crippen LogP contribution in [0.5, 0.6) is 0 Å². The van der Waals surface area contributed by atoms with Crippen molar-refractivity contribution in [3.05, 3.63) is 33.9 Å². The fourth-order valence-corrected chi connectivity index (χ4v) is 3.39. The van der Waals surface area contributed by atoms with Crippen molar-refractivity contribution >= 4 is 23.1 Å². The Labute approximate surface area is 111 Å². The highest BCUT2D eigenvalue weighted by atomic mass is 32.2. The number of thioether (sulfide) groups is 1. The molecule has 1 fully saturated rings. The molecule has 2 unspecified atom stereocenters. The maximum absolute atomic E-state index is 10.8.